The van der Waals surface area contributed by atoms with E-state index in [0.29, 0.717) is 26.6 Å². The Morgan fingerprint density at radius 3 is 2.05 bits per heavy atom. The summed E-state index contributed by atoms with van der Waals surface area (Å²) in [6.07, 6.45) is 3.99. The second-order valence-electron chi connectivity index (χ2n) is 18.7. The first-order valence-electron chi connectivity index (χ1n) is 21.5. The predicted molar refractivity (Wildman–Crippen MR) is 249 cm³/mol. The Morgan fingerprint density at radius 2 is 1.33 bits per heavy atom. The van der Waals surface area contributed by atoms with Crippen LogP contribution in [-0.4, -0.2) is 9.55 Å². The van der Waals surface area contributed by atoms with Gasteiger partial charge in [0.25, 0.3) is 0 Å². The van der Waals surface area contributed by atoms with Gasteiger partial charge in [0.1, 0.15) is 5.82 Å². The molecule has 0 radical (unpaired) electrons. The molecule has 0 aliphatic carbocycles. The van der Waals surface area contributed by atoms with E-state index < -0.39 is 0 Å². The fourth-order valence-electron chi connectivity index (χ4n) is 9.55. The molecule has 6 aromatic carbocycles. The number of rotatable bonds is 9. The summed E-state index contributed by atoms with van der Waals surface area (Å²) in [7, 11) is 0. The normalized spacial score (nSPS) is 18.0. The molecule has 2 aromatic heterocycles. The number of ether oxygens (including phenoxy) is 1. The molecule has 6 heteroatoms. The fraction of sp³-hybridized carbons (Fsp3) is 0.236. The summed E-state index contributed by atoms with van der Waals surface area (Å²) in [6, 6.07) is 56.1. The van der Waals surface area contributed by atoms with Crippen molar-refractivity contribution in [2.75, 3.05) is 0 Å². The first-order chi connectivity index (χ1) is 28.9. The van der Waals surface area contributed by atoms with Crippen molar-refractivity contribution in [3.63, 3.8) is 0 Å². The quantitative estimate of drug-likeness (QED) is 0.0819. The molecular formula is C55H53N4OPt-. The molecule has 5 nitrogen and oxygen atoms in total. The molecule has 310 valence electrons. The average molecular weight is 981 g/mol. The topological polar surface area (TPSA) is 27.1 Å². The maximum atomic E-state index is 6.95. The summed E-state index contributed by atoms with van der Waals surface area (Å²) in [5.74, 6) is 2.59. The van der Waals surface area contributed by atoms with Crippen LogP contribution >= 0.6 is 0 Å². The molecule has 0 bridgehead atoms. The molecule has 8 aromatic rings. The van der Waals surface area contributed by atoms with Crippen molar-refractivity contribution < 1.29 is 25.8 Å². The maximum absolute atomic E-state index is 6.95. The van der Waals surface area contributed by atoms with Gasteiger partial charge < -0.3 is 9.30 Å². The molecule has 2 atom stereocenters. The van der Waals surface area contributed by atoms with E-state index in [4.69, 9.17) is 9.72 Å². The summed E-state index contributed by atoms with van der Waals surface area (Å²) >= 11 is 0. The third-order valence-corrected chi connectivity index (χ3v) is 13.0. The van der Waals surface area contributed by atoms with Crippen molar-refractivity contribution in [1.82, 2.24) is 18.7 Å². The SMILES string of the molecule is CCC(CC)c1cc(Oc2[c-]c3c(cc2)c2ccccc2n3-c2cc(C(C)(C)C)ccn2)[c-]c([N+]23[CH-][N@+]2(c2cc(-c4ccccc4)cc(C(C)(C)C)c2)c2ccccc23)c1.[Pt]. The number of hydrogen-bond acceptors (Lipinski definition) is 2. The van der Waals surface area contributed by atoms with Crippen LogP contribution in [0.15, 0.2) is 140 Å². The van der Waals surface area contributed by atoms with Crippen LogP contribution in [0.5, 0.6) is 11.5 Å². The average Bonchev–Trinajstić information content (AvgIpc) is 3.74. The molecule has 0 saturated carbocycles. The minimum absolute atomic E-state index is 0. The van der Waals surface area contributed by atoms with Gasteiger partial charge in [0.2, 0.25) is 11.4 Å². The Bertz CT molecular complexity index is 2950. The van der Waals surface area contributed by atoms with Crippen molar-refractivity contribution in [2.24, 2.45) is 0 Å². The summed E-state index contributed by atoms with van der Waals surface area (Å²) in [5.41, 5.74) is 13.1. The number of benzene rings is 6. The van der Waals surface area contributed by atoms with Crippen LogP contribution in [0.25, 0.3) is 38.8 Å². The number of nitrogens with zero attached hydrogens (tertiary/aromatic N) is 4. The van der Waals surface area contributed by atoms with Crippen molar-refractivity contribution in [1.29, 1.82) is 0 Å². The molecule has 0 spiro atoms. The zero-order valence-corrected chi connectivity index (χ0v) is 38.6. The van der Waals surface area contributed by atoms with Crippen molar-refractivity contribution in [3.05, 3.63) is 175 Å². The van der Waals surface area contributed by atoms with E-state index in [1.54, 1.807) is 0 Å². The van der Waals surface area contributed by atoms with Gasteiger partial charge in [-0.25, -0.2) is 9.58 Å². The molecule has 0 N–H and O–H groups in total. The van der Waals surface area contributed by atoms with Gasteiger partial charge in [-0.3, -0.25) is 0 Å². The van der Waals surface area contributed by atoms with Gasteiger partial charge in [0, 0.05) is 68.5 Å². The zero-order valence-electron chi connectivity index (χ0n) is 36.4. The van der Waals surface area contributed by atoms with Gasteiger partial charge in [-0.2, -0.15) is 10.7 Å². The number of pyridine rings is 1. The largest absolute Gasteiger partial charge is 0.509 e. The molecule has 1 saturated heterocycles. The number of quaternary nitrogens is 2. The van der Waals surface area contributed by atoms with Crippen LogP contribution in [0, 0.1) is 18.8 Å². The van der Waals surface area contributed by atoms with Crippen LogP contribution in [0.2, 0.25) is 0 Å². The predicted octanol–water partition coefficient (Wildman–Crippen LogP) is 15.1. The van der Waals surface area contributed by atoms with Crippen LogP contribution in [0.1, 0.15) is 90.8 Å². The number of aromatic nitrogens is 2. The zero-order chi connectivity index (χ0) is 41.6. The fourth-order valence-corrected chi connectivity index (χ4v) is 9.55. The number of hydrogen-bond donors (Lipinski definition) is 0. The molecule has 61 heavy (non-hydrogen) atoms. The van der Waals surface area contributed by atoms with Crippen LogP contribution < -0.4 is 13.9 Å². The molecule has 10 rings (SSSR count). The molecule has 1 unspecified atom stereocenters. The second kappa shape index (κ2) is 14.9. The summed E-state index contributed by atoms with van der Waals surface area (Å²) in [6.45, 7) is 20.7. The minimum Gasteiger partial charge on any atom is -0.509 e. The van der Waals surface area contributed by atoms with Gasteiger partial charge in [-0.05, 0) is 62.6 Å². The smallest absolute Gasteiger partial charge is 0.225 e. The van der Waals surface area contributed by atoms with E-state index in [1.165, 1.54) is 44.9 Å². The molecule has 4 heterocycles. The van der Waals surface area contributed by atoms with E-state index in [9.17, 15) is 0 Å². The third-order valence-electron chi connectivity index (χ3n) is 13.0. The van der Waals surface area contributed by atoms with Crippen molar-refractivity contribution in [3.8, 4) is 28.4 Å². The molecular weight excluding hydrogens is 928 g/mol. The van der Waals surface area contributed by atoms with Crippen LogP contribution in [0.4, 0.5) is 22.7 Å². The van der Waals surface area contributed by atoms with E-state index in [1.807, 2.05) is 12.3 Å². The Morgan fingerprint density at radius 1 is 0.639 bits per heavy atom. The standard InChI is InChI=1S/C55H53N4O.Pt/c1-9-37(10-2)40-30-44(59-36-58(59,51-22-16-17-23-52(51)59)43-29-39(38-18-12-11-13-19-38)28-42(32-43)55(6,7)8)34-46(31-40)60-45-24-25-48-47-20-14-15-21-49(47)57(50(48)35-45)53-33-41(26-27-56-53)54(3,4)5;/h11-33,36-37H,9-10H2,1-8H3;/q-1;/t58-,59?;/m0./s1. The van der Waals surface area contributed by atoms with Crippen molar-refractivity contribution >= 4 is 44.6 Å². The molecule has 2 aliphatic heterocycles. The van der Waals surface area contributed by atoms with Gasteiger partial charge in [0.15, 0.2) is 12.4 Å². The summed E-state index contributed by atoms with van der Waals surface area (Å²) in [4.78, 5) is 4.90. The molecule has 1 fully saturated rings. The summed E-state index contributed by atoms with van der Waals surface area (Å²) < 4.78 is 10.3. The molecule has 2 aliphatic rings. The third kappa shape index (κ3) is 6.51. The van der Waals surface area contributed by atoms with Crippen molar-refractivity contribution in [2.45, 2.75) is 85.0 Å². The van der Waals surface area contributed by atoms with E-state index >= 15 is 0 Å². The van der Waals surface area contributed by atoms with Gasteiger partial charge in [-0.1, -0.05) is 147 Å². The van der Waals surface area contributed by atoms with Crippen LogP contribution in [-0.2, 0) is 31.9 Å². The maximum Gasteiger partial charge on any atom is 0.225 e. The first-order valence-corrected chi connectivity index (χ1v) is 21.5. The van der Waals surface area contributed by atoms with E-state index in [-0.39, 0.29) is 31.9 Å². The summed E-state index contributed by atoms with van der Waals surface area (Å²) in [5, 5.41) is 2.27. The monoisotopic (exact) mass is 980 g/mol. The number of para-hydroxylation sites is 3. The Balaban J connectivity index is 0.00000476. The van der Waals surface area contributed by atoms with E-state index in [2.05, 4.69) is 206 Å². The Hall–Kier alpha value is -5.32. The second-order valence-corrected chi connectivity index (χ2v) is 18.7. The Labute approximate surface area is 375 Å². The number of fused-ring (bicyclic) bond motifs is 7. The van der Waals surface area contributed by atoms with Gasteiger partial charge in [-0.15, -0.1) is 35.2 Å². The van der Waals surface area contributed by atoms with Gasteiger partial charge in [0.05, 0.1) is 5.69 Å². The molecule has 0 amide bonds. The minimum atomic E-state index is -0.0365. The van der Waals surface area contributed by atoms with Gasteiger partial charge >= 0.3 is 0 Å². The van der Waals surface area contributed by atoms with Crippen LogP contribution in [0.3, 0.4) is 0 Å². The van der Waals surface area contributed by atoms with E-state index in [0.717, 1.165) is 46.2 Å². The first kappa shape index (κ1) is 41.1. The Kier molecular flexibility index (Phi) is 10.1.